The lowest BCUT2D eigenvalue weighted by molar-refractivity contribution is 0.313. The fraction of sp³-hybridized carbons (Fsp3) is 0.500. The lowest BCUT2D eigenvalue weighted by Gasteiger charge is -2.19. The first kappa shape index (κ1) is 11.8. The number of benzene rings is 1. The van der Waals surface area contributed by atoms with Gasteiger partial charge in [-0.3, -0.25) is 4.90 Å². The Morgan fingerprint density at radius 3 is 2.81 bits per heavy atom. The molecule has 4 heteroatoms. The molecule has 2 rings (SSSR count). The predicted octanol–water partition coefficient (Wildman–Crippen LogP) is 2.43. The van der Waals surface area contributed by atoms with E-state index >= 15 is 0 Å². The zero-order chi connectivity index (χ0) is 11.7. The minimum atomic E-state index is -0.271. The van der Waals surface area contributed by atoms with Gasteiger partial charge in [-0.25, -0.2) is 4.39 Å². The molecule has 1 heterocycles. The van der Waals surface area contributed by atoms with Gasteiger partial charge in [0.05, 0.1) is 0 Å². The van der Waals surface area contributed by atoms with E-state index in [9.17, 15) is 4.39 Å². The quantitative estimate of drug-likeness (QED) is 0.863. The molecule has 1 saturated heterocycles. The van der Waals surface area contributed by atoms with Crippen molar-refractivity contribution in [1.82, 2.24) is 4.90 Å². The van der Waals surface area contributed by atoms with E-state index in [0.717, 1.165) is 18.5 Å². The number of rotatable bonds is 2. The molecule has 0 saturated carbocycles. The first-order valence-electron chi connectivity index (χ1n) is 5.46. The highest BCUT2D eigenvalue weighted by Gasteiger charge is 2.29. The third kappa shape index (κ3) is 2.37. The lowest BCUT2D eigenvalue weighted by Crippen LogP contribution is -2.20. The van der Waals surface area contributed by atoms with E-state index < -0.39 is 0 Å². The molecule has 2 atom stereocenters. The highest BCUT2D eigenvalue weighted by atomic mass is 35.5. The minimum absolute atomic E-state index is 0.238. The summed E-state index contributed by atoms with van der Waals surface area (Å²) in [5, 5.41) is 0.458. The van der Waals surface area contributed by atoms with Crippen molar-refractivity contribution in [3.63, 3.8) is 0 Å². The van der Waals surface area contributed by atoms with Crippen LogP contribution < -0.4 is 5.73 Å². The van der Waals surface area contributed by atoms with Gasteiger partial charge in [-0.15, -0.1) is 0 Å². The molecule has 1 aromatic carbocycles. The summed E-state index contributed by atoms with van der Waals surface area (Å²) < 4.78 is 13.3. The van der Waals surface area contributed by atoms with Crippen LogP contribution in [0.4, 0.5) is 4.39 Å². The molecule has 2 N–H and O–H groups in total. The number of nitrogens with two attached hydrogens (primary N) is 1. The van der Waals surface area contributed by atoms with E-state index in [4.69, 9.17) is 17.3 Å². The maximum atomic E-state index is 13.3. The average Bonchev–Trinajstić information content (AvgIpc) is 2.58. The number of likely N-dealkylation sites (tertiary alicyclic amines) is 1. The molecule has 0 radical (unpaired) electrons. The van der Waals surface area contributed by atoms with Gasteiger partial charge in [0.15, 0.2) is 0 Å². The molecule has 0 aliphatic carbocycles. The normalized spacial score (nSPS) is 26.2. The van der Waals surface area contributed by atoms with Crippen LogP contribution in [0.1, 0.15) is 18.0 Å². The van der Waals surface area contributed by atoms with Crippen molar-refractivity contribution in [2.45, 2.75) is 12.5 Å². The molecule has 16 heavy (non-hydrogen) atoms. The second-order valence-electron chi connectivity index (χ2n) is 4.50. The third-order valence-electron chi connectivity index (χ3n) is 3.24. The Kier molecular flexibility index (Phi) is 3.47. The predicted molar refractivity (Wildman–Crippen MR) is 63.9 cm³/mol. The van der Waals surface area contributed by atoms with Crippen LogP contribution in [0.15, 0.2) is 18.2 Å². The Morgan fingerprint density at radius 2 is 2.25 bits per heavy atom. The Bertz CT molecular complexity index is 363. The van der Waals surface area contributed by atoms with Gasteiger partial charge in [-0.2, -0.15) is 0 Å². The van der Waals surface area contributed by atoms with E-state index in [1.807, 2.05) is 13.1 Å². The Morgan fingerprint density at radius 1 is 1.50 bits per heavy atom. The van der Waals surface area contributed by atoms with Crippen molar-refractivity contribution >= 4 is 11.6 Å². The van der Waals surface area contributed by atoms with E-state index in [0.29, 0.717) is 17.5 Å². The fourth-order valence-corrected chi connectivity index (χ4v) is 2.66. The van der Waals surface area contributed by atoms with Crippen molar-refractivity contribution in [3.8, 4) is 0 Å². The van der Waals surface area contributed by atoms with E-state index in [2.05, 4.69) is 4.90 Å². The smallest absolute Gasteiger partial charge is 0.125 e. The largest absolute Gasteiger partial charge is 0.330 e. The van der Waals surface area contributed by atoms with E-state index in [1.54, 1.807) is 6.07 Å². The van der Waals surface area contributed by atoms with Gasteiger partial charge in [0.1, 0.15) is 5.82 Å². The molecule has 1 aliphatic heterocycles. The van der Waals surface area contributed by atoms with Crippen molar-refractivity contribution in [3.05, 3.63) is 34.6 Å². The summed E-state index contributed by atoms with van der Waals surface area (Å²) in [6.07, 6.45) is 0.979. The maximum absolute atomic E-state index is 13.3. The molecule has 2 unspecified atom stereocenters. The maximum Gasteiger partial charge on any atom is 0.125 e. The average molecular weight is 243 g/mol. The number of hydrogen-bond donors (Lipinski definition) is 1. The second kappa shape index (κ2) is 4.70. The molecule has 1 aliphatic rings. The van der Waals surface area contributed by atoms with Gasteiger partial charge in [0.2, 0.25) is 0 Å². The summed E-state index contributed by atoms with van der Waals surface area (Å²) in [6.45, 7) is 1.65. The monoisotopic (exact) mass is 242 g/mol. The Hall–Kier alpha value is -0.640. The second-order valence-corrected chi connectivity index (χ2v) is 4.93. The lowest BCUT2D eigenvalue weighted by atomic mass is 10.00. The summed E-state index contributed by atoms with van der Waals surface area (Å²) in [4.78, 5) is 2.21. The summed E-state index contributed by atoms with van der Waals surface area (Å²) in [7, 11) is 2.04. The first-order chi connectivity index (χ1) is 7.60. The van der Waals surface area contributed by atoms with Crippen LogP contribution in [-0.2, 0) is 0 Å². The molecule has 0 bridgehead atoms. The minimum Gasteiger partial charge on any atom is -0.330 e. The van der Waals surface area contributed by atoms with Crippen LogP contribution in [0.2, 0.25) is 5.02 Å². The molecule has 0 amide bonds. The van der Waals surface area contributed by atoms with E-state index in [-0.39, 0.29) is 11.9 Å². The van der Waals surface area contributed by atoms with Crippen LogP contribution >= 0.6 is 11.6 Å². The van der Waals surface area contributed by atoms with Gasteiger partial charge in [-0.05, 0) is 49.7 Å². The summed E-state index contributed by atoms with van der Waals surface area (Å²) >= 11 is 5.86. The highest BCUT2D eigenvalue weighted by Crippen LogP contribution is 2.34. The third-order valence-corrected chi connectivity index (χ3v) is 3.46. The molecule has 2 nitrogen and oxygen atoms in total. The van der Waals surface area contributed by atoms with Crippen LogP contribution in [0, 0.1) is 11.7 Å². The molecule has 1 fully saturated rings. The molecular formula is C12H16ClFN2. The highest BCUT2D eigenvalue weighted by molar-refractivity contribution is 6.30. The van der Waals surface area contributed by atoms with Crippen LogP contribution in [0.25, 0.3) is 0 Å². The summed E-state index contributed by atoms with van der Waals surface area (Å²) in [5.41, 5.74) is 6.62. The summed E-state index contributed by atoms with van der Waals surface area (Å²) in [5.74, 6) is 0.226. The molecule has 0 aromatic heterocycles. The standard InChI is InChI=1S/C12H16ClFN2/c1-16-7-8(6-15)2-12(16)9-3-10(13)5-11(14)4-9/h3-5,8,12H,2,6-7,15H2,1H3. The Labute approximate surface area is 100 Å². The van der Waals surface area contributed by atoms with Gasteiger partial charge < -0.3 is 5.73 Å². The van der Waals surface area contributed by atoms with Gasteiger partial charge in [-0.1, -0.05) is 11.6 Å². The SMILES string of the molecule is CN1CC(CN)CC1c1cc(F)cc(Cl)c1. The molecular weight excluding hydrogens is 227 g/mol. The molecule has 0 spiro atoms. The Balaban J connectivity index is 2.24. The number of halogens is 2. The number of nitrogens with zero attached hydrogens (tertiary/aromatic N) is 1. The van der Waals surface area contributed by atoms with Crippen LogP contribution in [0.3, 0.4) is 0 Å². The van der Waals surface area contributed by atoms with Crippen molar-refractivity contribution < 1.29 is 4.39 Å². The zero-order valence-corrected chi connectivity index (χ0v) is 10.0. The van der Waals surface area contributed by atoms with Gasteiger partial charge in [0, 0.05) is 17.6 Å². The van der Waals surface area contributed by atoms with Crippen LogP contribution in [-0.4, -0.2) is 25.0 Å². The first-order valence-corrected chi connectivity index (χ1v) is 5.84. The van der Waals surface area contributed by atoms with Crippen molar-refractivity contribution in [1.29, 1.82) is 0 Å². The van der Waals surface area contributed by atoms with Crippen molar-refractivity contribution in [2.24, 2.45) is 11.7 Å². The van der Waals surface area contributed by atoms with Crippen LogP contribution in [0.5, 0.6) is 0 Å². The number of hydrogen-bond acceptors (Lipinski definition) is 2. The fourth-order valence-electron chi connectivity index (χ4n) is 2.43. The zero-order valence-electron chi connectivity index (χ0n) is 9.29. The topological polar surface area (TPSA) is 29.3 Å². The van der Waals surface area contributed by atoms with Crippen molar-refractivity contribution in [2.75, 3.05) is 20.1 Å². The summed E-state index contributed by atoms with van der Waals surface area (Å²) in [6, 6.07) is 4.97. The molecule has 1 aromatic rings. The van der Waals surface area contributed by atoms with Gasteiger partial charge >= 0.3 is 0 Å². The molecule has 88 valence electrons. The van der Waals surface area contributed by atoms with E-state index in [1.165, 1.54) is 6.07 Å². The van der Waals surface area contributed by atoms with Gasteiger partial charge in [0.25, 0.3) is 0 Å².